The largest absolute Gasteiger partial charge is 0.527 e. The zero-order chi connectivity index (χ0) is 17.2. The Bertz CT molecular complexity index is 845. The monoisotopic (exact) mass is 343 g/mol. The summed E-state index contributed by atoms with van der Waals surface area (Å²) in [7, 11) is -4.57. The molecule has 4 N–H and O–H groups in total. The molecule has 0 aliphatic carbocycles. The number of carboxylic acids is 1. The first kappa shape index (κ1) is 17.2. The lowest BCUT2D eigenvalue weighted by Crippen LogP contribution is -2.34. The second kappa shape index (κ2) is 6.51. The van der Waals surface area contributed by atoms with Crippen LogP contribution in [0.4, 0.5) is 0 Å². The molecular formula is C13H14NO8P. The first-order chi connectivity index (χ1) is 10.7. The third-order valence-electron chi connectivity index (χ3n) is 2.88. The van der Waals surface area contributed by atoms with Gasteiger partial charge in [0.25, 0.3) is 0 Å². The van der Waals surface area contributed by atoms with Gasteiger partial charge in [0.1, 0.15) is 17.4 Å². The first-order valence-electron chi connectivity index (χ1n) is 6.38. The molecule has 9 nitrogen and oxygen atoms in total. The first-order valence-corrected chi connectivity index (χ1v) is 7.87. The van der Waals surface area contributed by atoms with Crippen LogP contribution in [0.3, 0.4) is 0 Å². The summed E-state index contributed by atoms with van der Waals surface area (Å²) in [6.07, 6.45) is 0. The Morgan fingerprint density at radius 1 is 1.43 bits per heavy atom. The van der Waals surface area contributed by atoms with Gasteiger partial charge in [-0.05, 0) is 24.6 Å². The number of aliphatic carboxylic acids is 1. The van der Waals surface area contributed by atoms with Gasteiger partial charge in [0.2, 0.25) is 0 Å². The Morgan fingerprint density at radius 3 is 2.78 bits per heavy atom. The minimum atomic E-state index is -4.57. The van der Waals surface area contributed by atoms with Crippen molar-refractivity contribution in [3.05, 3.63) is 40.2 Å². The quantitative estimate of drug-likeness (QED) is 0.516. The molecule has 23 heavy (non-hydrogen) atoms. The summed E-state index contributed by atoms with van der Waals surface area (Å²) in [5, 5.41) is 9.22. The van der Waals surface area contributed by atoms with Gasteiger partial charge in [-0.1, -0.05) is 0 Å². The van der Waals surface area contributed by atoms with Crippen molar-refractivity contribution in [1.82, 2.24) is 0 Å². The number of hydrogen-bond acceptors (Lipinski definition) is 7. The maximum atomic E-state index is 11.8. The predicted octanol–water partition coefficient (Wildman–Crippen LogP) is 1.01. The highest BCUT2D eigenvalue weighted by Gasteiger charge is 2.26. The molecule has 1 aromatic carbocycles. The van der Waals surface area contributed by atoms with Crippen molar-refractivity contribution in [2.24, 2.45) is 5.73 Å². The van der Waals surface area contributed by atoms with Crippen molar-refractivity contribution in [2.75, 3.05) is 6.61 Å². The lowest BCUT2D eigenvalue weighted by atomic mass is 10.1. The van der Waals surface area contributed by atoms with E-state index in [1.54, 1.807) is 13.0 Å². The molecule has 1 aromatic heterocycles. The van der Waals surface area contributed by atoms with Crippen molar-refractivity contribution >= 4 is 24.8 Å². The van der Waals surface area contributed by atoms with Crippen LogP contribution in [0.25, 0.3) is 11.0 Å². The van der Waals surface area contributed by atoms with Gasteiger partial charge >= 0.3 is 19.4 Å². The van der Waals surface area contributed by atoms with E-state index in [0.717, 1.165) is 0 Å². The van der Waals surface area contributed by atoms with E-state index >= 15 is 0 Å². The zero-order valence-corrected chi connectivity index (χ0v) is 12.9. The molecule has 0 spiro atoms. The van der Waals surface area contributed by atoms with Crippen LogP contribution in [0.15, 0.2) is 33.5 Å². The number of nitrogens with two attached hydrogens (primary N) is 1. The summed E-state index contributed by atoms with van der Waals surface area (Å²) in [4.78, 5) is 31.4. The van der Waals surface area contributed by atoms with Crippen molar-refractivity contribution in [2.45, 2.75) is 13.0 Å². The van der Waals surface area contributed by atoms with Gasteiger partial charge in [-0.3, -0.25) is 14.2 Å². The van der Waals surface area contributed by atoms with Crippen LogP contribution < -0.4 is 15.9 Å². The van der Waals surface area contributed by atoms with Crippen molar-refractivity contribution in [3.8, 4) is 5.75 Å². The van der Waals surface area contributed by atoms with Gasteiger partial charge < -0.3 is 19.8 Å². The number of rotatable bonds is 6. The molecule has 0 saturated carbocycles. The highest BCUT2D eigenvalue weighted by Crippen LogP contribution is 2.44. The van der Waals surface area contributed by atoms with E-state index in [1.165, 1.54) is 18.2 Å². The molecule has 0 aliphatic heterocycles. The average molecular weight is 343 g/mol. The summed E-state index contributed by atoms with van der Waals surface area (Å²) in [6, 6.07) is 4.05. The Labute approximate surface area is 129 Å². The van der Waals surface area contributed by atoms with E-state index in [0.29, 0.717) is 10.9 Å². The number of hydrogen-bond donors (Lipinski definition) is 3. The van der Waals surface area contributed by atoms with Gasteiger partial charge in [0.05, 0.1) is 6.61 Å². The average Bonchev–Trinajstić information content (AvgIpc) is 2.43. The van der Waals surface area contributed by atoms with Gasteiger partial charge in [0.15, 0.2) is 0 Å². The molecule has 1 unspecified atom stereocenters. The Hall–Kier alpha value is -2.19. The van der Waals surface area contributed by atoms with Crippen LogP contribution in [-0.2, 0) is 13.9 Å². The fourth-order valence-corrected chi connectivity index (χ4v) is 2.55. The van der Waals surface area contributed by atoms with E-state index in [9.17, 15) is 19.0 Å². The summed E-state index contributed by atoms with van der Waals surface area (Å²) in [6.45, 7) is 1.01. The van der Waals surface area contributed by atoms with Crippen LogP contribution in [0, 0.1) is 6.92 Å². The third kappa shape index (κ3) is 4.40. The normalized spacial score (nSPS) is 15.1. The van der Waals surface area contributed by atoms with Gasteiger partial charge in [-0.25, -0.2) is 9.36 Å². The molecule has 124 valence electrons. The molecular weight excluding hydrogens is 329 g/mol. The minimum Gasteiger partial charge on any atom is -0.480 e. The summed E-state index contributed by atoms with van der Waals surface area (Å²) in [5.74, 6) is -1.46. The van der Waals surface area contributed by atoms with Gasteiger partial charge in [-0.15, -0.1) is 0 Å². The molecule has 0 saturated heterocycles. The van der Waals surface area contributed by atoms with Crippen LogP contribution in [0.5, 0.6) is 5.75 Å². The zero-order valence-electron chi connectivity index (χ0n) is 12.0. The number of phosphoric acid groups is 1. The molecule has 0 fully saturated rings. The van der Waals surface area contributed by atoms with Gasteiger partial charge in [-0.2, -0.15) is 0 Å². The van der Waals surface area contributed by atoms with E-state index in [2.05, 4.69) is 4.52 Å². The Kier molecular flexibility index (Phi) is 4.86. The molecule has 1 heterocycles. The smallest absolute Gasteiger partial charge is 0.480 e. The molecule has 2 rings (SSSR count). The molecule has 10 heteroatoms. The second-order valence-corrected chi connectivity index (χ2v) is 6.08. The van der Waals surface area contributed by atoms with Crippen molar-refractivity contribution in [3.63, 3.8) is 0 Å². The number of phosphoric ester groups is 1. The second-order valence-electron chi connectivity index (χ2n) is 4.71. The lowest BCUT2D eigenvalue weighted by Gasteiger charge is -2.14. The SMILES string of the molecule is Cc1cc(=O)oc2cc(OP(=O)(O)OC[C@@H](N)C(=O)O)ccc12. The van der Waals surface area contributed by atoms with Gasteiger partial charge in [0, 0.05) is 17.5 Å². The Morgan fingerprint density at radius 2 is 2.13 bits per heavy atom. The number of carboxylic acid groups (broad SMARTS) is 1. The van der Waals surface area contributed by atoms with Crippen molar-refractivity contribution < 1.29 is 32.8 Å². The number of aryl methyl sites for hydroxylation is 1. The lowest BCUT2D eigenvalue weighted by molar-refractivity contribution is -0.139. The fraction of sp³-hybridized carbons (Fsp3) is 0.231. The third-order valence-corrected chi connectivity index (χ3v) is 3.79. The van der Waals surface area contributed by atoms with Crippen LogP contribution in [0.1, 0.15) is 5.56 Å². The van der Waals surface area contributed by atoms with E-state index in [-0.39, 0.29) is 11.3 Å². The maximum Gasteiger partial charge on any atom is 0.527 e. The number of carbonyl (C=O) groups is 1. The summed E-state index contributed by atoms with van der Waals surface area (Å²) in [5.41, 5.74) is 5.45. The van der Waals surface area contributed by atoms with Crippen LogP contribution in [0.2, 0.25) is 0 Å². The minimum absolute atomic E-state index is 0.0824. The molecule has 2 aromatic rings. The van der Waals surface area contributed by atoms with Crippen molar-refractivity contribution in [1.29, 1.82) is 0 Å². The maximum absolute atomic E-state index is 11.8. The highest BCUT2D eigenvalue weighted by molar-refractivity contribution is 7.47. The summed E-state index contributed by atoms with van der Waals surface area (Å²) < 4.78 is 26.0. The van der Waals surface area contributed by atoms with E-state index in [4.69, 9.17) is 19.8 Å². The standard InChI is InChI=1S/C13H14NO8P/c1-7-4-12(15)21-11-5-8(2-3-9(7)11)22-23(18,19)20-6-10(14)13(16)17/h2-5,10H,6,14H2,1H3,(H,16,17)(H,18,19)/t10-/m1/s1. The highest BCUT2D eigenvalue weighted by atomic mass is 31.2. The molecule has 2 atom stereocenters. The van der Waals surface area contributed by atoms with Crippen LogP contribution >= 0.6 is 7.82 Å². The number of fused-ring (bicyclic) bond motifs is 1. The van der Waals surface area contributed by atoms with Crippen LogP contribution in [-0.4, -0.2) is 28.6 Å². The molecule has 0 radical (unpaired) electrons. The predicted molar refractivity (Wildman–Crippen MR) is 79.2 cm³/mol. The molecule has 0 amide bonds. The Balaban J connectivity index is 2.19. The molecule has 0 bridgehead atoms. The topological polar surface area (TPSA) is 149 Å². The van der Waals surface area contributed by atoms with E-state index in [1.807, 2.05) is 0 Å². The summed E-state index contributed by atoms with van der Waals surface area (Å²) >= 11 is 0. The fourth-order valence-electron chi connectivity index (χ4n) is 1.77. The molecule has 0 aliphatic rings. The van der Waals surface area contributed by atoms with E-state index < -0.39 is 32.1 Å². The number of benzene rings is 1.